The first-order valence-electron chi connectivity index (χ1n) is 8.71. The number of carbonyl (C=O) groups excluding carboxylic acids is 1. The van der Waals surface area contributed by atoms with Gasteiger partial charge in [-0.2, -0.15) is 5.10 Å². The van der Waals surface area contributed by atoms with Gasteiger partial charge in [0.2, 0.25) is 0 Å². The number of phenolic OH excluding ortho intramolecular Hbond substituents is 1. The Labute approximate surface area is 161 Å². The SMILES string of the molecule is C/C(=N\NC(=O)c1cc(-c2ccccc2)on1)c1ccc2ccccc2c1O. The van der Waals surface area contributed by atoms with Crippen LogP contribution in [0.5, 0.6) is 5.75 Å². The number of hydrogen-bond acceptors (Lipinski definition) is 5. The number of amides is 1. The highest BCUT2D eigenvalue weighted by Crippen LogP contribution is 2.29. The molecule has 0 aliphatic rings. The first-order chi connectivity index (χ1) is 13.6. The highest BCUT2D eigenvalue weighted by atomic mass is 16.5. The summed E-state index contributed by atoms with van der Waals surface area (Å²) in [7, 11) is 0. The zero-order valence-corrected chi connectivity index (χ0v) is 15.1. The molecule has 6 nitrogen and oxygen atoms in total. The second kappa shape index (κ2) is 7.36. The van der Waals surface area contributed by atoms with Crippen LogP contribution in [0, 0.1) is 0 Å². The second-order valence-electron chi connectivity index (χ2n) is 6.26. The third-order valence-corrected chi connectivity index (χ3v) is 4.42. The second-order valence-corrected chi connectivity index (χ2v) is 6.26. The predicted molar refractivity (Wildman–Crippen MR) is 107 cm³/mol. The van der Waals surface area contributed by atoms with Gasteiger partial charge < -0.3 is 9.63 Å². The van der Waals surface area contributed by atoms with Crippen LogP contribution >= 0.6 is 0 Å². The normalized spacial score (nSPS) is 11.5. The minimum atomic E-state index is -0.495. The highest BCUT2D eigenvalue weighted by molar-refractivity contribution is 6.07. The van der Waals surface area contributed by atoms with E-state index in [-0.39, 0.29) is 11.4 Å². The molecule has 0 unspecified atom stereocenters. The van der Waals surface area contributed by atoms with Crippen molar-refractivity contribution < 1.29 is 14.4 Å². The molecule has 0 atom stereocenters. The molecule has 0 spiro atoms. The summed E-state index contributed by atoms with van der Waals surface area (Å²) in [6, 6.07) is 22.1. The van der Waals surface area contributed by atoms with Crippen LogP contribution in [-0.2, 0) is 0 Å². The van der Waals surface area contributed by atoms with Crippen molar-refractivity contribution in [2.24, 2.45) is 5.10 Å². The molecule has 0 aliphatic carbocycles. The van der Waals surface area contributed by atoms with E-state index >= 15 is 0 Å². The number of rotatable bonds is 4. The lowest BCUT2D eigenvalue weighted by molar-refractivity contribution is 0.0946. The van der Waals surface area contributed by atoms with Gasteiger partial charge in [-0.15, -0.1) is 0 Å². The van der Waals surface area contributed by atoms with Crippen LogP contribution in [0.3, 0.4) is 0 Å². The Balaban J connectivity index is 1.53. The van der Waals surface area contributed by atoms with Gasteiger partial charge in [-0.1, -0.05) is 65.8 Å². The fourth-order valence-corrected chi connectivity index (χ4v) is 2.92. The molecule has 0 saturated heterocycles. The quantitative estimate of drug-likeness (QED) is 0.412. The molecule has 1 aromatic heterocycles. The monoisotopic (exact) mass is 371 g/mol. The minimum Gasteiger partial charge on any atom is -0.507 e. The summed E-state index contributed by atoms with van der Waals surface area (Å²) in [4.78, 5) is 12.3. The zero-order chi connectivity index (χ0) is 19.5. The average molecular weight is 371 g/mol. The number of phenols is 1. The molecule has 0 fully saturated rings. The number of carbonyl (C=O) groups is 1. The standard InChI is InChI=1S/C22H17N3O3/c1-14(17-12-11-15-7-5-6-10-18(15)21(17)26)23-24-22(27)19-13-20(28-25-19)16-8-3-2-4-9-16/h2-13,26H,1H3,(H,24,27)/b23-14+. The van der Waals surface area contributed by atoms with Gasteiger partial charge in [0.05, 0.1) is 5.71 Å². The zero-order valence-electron chi connectivity index (χ0n) is 15.1. The molecule has 0 radical (unpaired) electrons. The van der Waals surface area contributed by atoms with E-state index in [1.165, 1.54) is 0 Å². The van der Waals surface area contributed by atoms with E-state index in [0.29, 0.717) is 17.0 Å². The number of aromatic nitrogens is 1. The summed E-state index contributed by atoms with van der Waals surface area (Å²) >= 11 is 0. The smallest absolute Gasteiger partial charge is 0.293 e. The van der Waals surface area contributed by atoms with E-state index in [9.17, 15) is 9.90 Å². The largest absolute Gasteiger partial charge is 0.507 e. The molecule has 0 bridgehead atoms. The third kappa shape index (κ3) is 3.35. The molecule has 0 aliphatic heterocycles. The fourth-order valence-electron chi connectivity index (χ4n) is 2.92. The molecule has 1 heterocycles. The molecule has 3 aromatic carbocycles. The lowest BCUT2D eigenvalue weighted by atomic mass is 10.0. The molecule has 6 heteroatoms. The van der Waals surface area contributed by atoms with Crippen molar-refractivity contribution >= 4 is 22.4 Å². The maximum atomic E-state index is 12.3. The van der Waals surface area contributed by atoms with Gasteiger partial charge in [-0.05, 0) is 18.4 Å². The van der Waals surface area contributed by atoms with Crippen molar-refractivity contribution in [1.82, 2.24) is 10.6 Å². The molecular formula is C22H17N3O3. The summed E-state index contributed by atoms with van der Waals surface area (Å²) in [5.74, 6) is 0.130. The van der Waals surface area contributed by atoms with Gasteiger partial charge in [-0.25, -0.2) is 5.43 Å². The number of nitrogens with zero attached hydrogens (tertiary/aromatic N) is 2. The number of hydrazone groups is 1. The predicted octanol–water partition coefficient (Wildman–Crippen LogP) is 4.35. The molecule has 28 heavy (non-hydrogen) atoms. The van der Waals surface area contributed by atoms with E-state index in [0.717, 1.165) is 16.3 Å². The van der Waals surface area contributed by atoms with Crippen LogP contribution in [0.2, 0.25) is 0 Å². The Morgan fingerprint density at radius 2 is 1.79 bits per heavy atom. The van der Waals surface area contributed by atoms with E-state index < -0.39 is 5.91 Å². The van der Waals surface area contributed by atoms with Crippen LogP contribution in [0.1, 0.15) is 23.0 Å². The van der Waals surface area contributed by atoms with Crippen molar-refractivity contribution in [3.63, 3.8) is 0 Å². The molecule has 4 rings (SSSR count). The first-order valence-corrected chi connectivity index (χ1v) is 8.71. The molecule has 138 valence electrons. The summed E-state index contributed by atoms with van der Waals surface area (Å²) < 4.78 is 5.23. The molecule has 0 saturated carbocycles. The molecule has 4 aromatic rings. The summed E-state index contributed by atoms with van der Waals surface area (Å²) in [6.07, 6.45) is 0. The molecule has 2 N–H and O–H groups in total. The summed E-state index contributed by atoms with van der Waals surface area (Å²) in [6.45, 7) is 1.71. The van der Waals surface area contributed by atoms with Gasteiger partial charge in [0.25, 0.3) is 5.91 Å². The third-order valence-electron chi connectivity index (χ3n) is 4.42. The lowest BCUT2D eigenvalue weighted by Crippen LogP contribution is -2.19. The van der Waals surface area contributed by atoms with E-state index in [1.54, 1.807) is 19.1 Å². The van der Waals surface area contributed by atoms with Gasteiger partial charge in [0.15, 0.2) is 11.5 Å². The van der Waals surface area contributed by atoms with Crippen molar-refractivity contribution in [2.45, 2.75) is 6.92 Å². The van der Waals surface area contributed by atoms with Gasteiger partial charge >= 0.3 is 0 Å². The van der Waals surface area contributed by atoms with Crippen LogP contribution in [-0.4, -0.2) is 21.9 Å². The number of hydrogen-bond donors (Lipinski definition) is 2. The van der Waals surface area contributed by atoms with E-state index in [2.05, 4.69) is 15.7 Å². The minimum absolute atomic E-state index is 0.123. The first kappa shape index (κ1) is 17.5. The summed E-state index contributed by atoms with van der Waals surface area (Å²) in [5, 5.41) is 20.1. The van der Waals surface area contributed by atoms with Gasteiger partial charge in [-0.3, -0.25) is 4.79 Å². The fraction of sp³-hybridized carbons (Fsp3) is 0.0455. The molecular weight excluding hydrogens is 354 g/mol. The van der Waals surface area contributed by atoms with Crippen molar-refractivity contribution in [1.29, 1.82) is 0 Å². The van der Waals surface area contributed by atoms with Crippen molar-refractivity contribution in [3.8, 4) is 17.1 Å². The number of fused-ring (bicyclic) bond motifs is 1. The van der Waals surface area contributed by atoms with Gasteiger partial charge in [0, 0.05) is 22.6 Å². The number of aromatic hydroxyl groups is 1. The highest BCUT2D eigenvalue weighted by Gasteiger charge is 2.14. The van der Waals surface area contributed by atoms with E-state index in [4.69, 9.17) is 4.52 Å². The Kier molecular flexibility index (Phi) is 4.60. The average Bonchev–Trinajstić information content (AvgIpc) is 3.23. The maximum absolute atomic E-state index is 12.3. The van der Waals surface area contributed by atoms with Crippen LogP contribution in [0.25, 0.3) is 22.1 Å². The van der Waals surface area contributed by atoms with Crippen LogP contribution < -0.4 is 5.43 Å². The Hall–Kier alpha value is -3.93. The summed E-state index contributed by atoms with van der Waals surface area (Å²) in [5.41, 5.74) is 4.43. The maximum Gasteiger partial charge on any atom is 0.293 e. The number of benzene rings is 3. The van der Waals surface area contributed by atoms with Crippen molar-refractivity contribution in [2.75, 3.05) is 0 Å². The van der Waals surface area contributed by atoms with Crippen molar-refractivity contribution in [3.05, 3.63) is 84.1 Å². The Morgan fingerprint density at radius 1 is 1.04 bits per heavy atom. The topological polar surface area (TPSA) is 87.7 Å². The lowest BCUT2D eigenvalue weighted by Gasteiger charge is -2.07. The Bertz CT molecular complexity index is 1180. The van der Waals surface area contributed by atoms with Gasteiger partial charge in [0.1, 0.15) is 5.75 Å². The molecule has 1 amide bonds. The Morgan fingerprint density at radius 3 is 2.61 bits per heavy atom. The van der Waals surface area contributed by atoms with Crippen LogP contribution in [0.15, 0.2) is 82.4 Å². The van der Waals surface area contributed by atoms with Crippen LogP contribution in [0.4, 0.5) is 0 Å². The number of nitrogens with one attached hydrogen (secondary N) is 1. The van der Waals surface area contributed by atoms with E-state index in [1.807, 2.05) is 60.7 Å².